The summed E-state index contributed by atoms with van der Waals surface area (Å²) in [7, 11) is -4.67. The molecule has 0 saturated carbocycles. The van der Waals surface area contributed by atoms with Crippen molar-refractivity contribution >= 4 is 16.4 Å². The molecule has 1 rings (SSSR count). The Labute approximate surface area is 118 Å². The van der Waals surface area contributed by atoms with Gasteiger partial charge in [0.25, 0.3) is 0 Å². The first kappa shape index (κ1) is 18.3. The Morgan fingerprint density at radius 3 is 2.20 bits per heavy atom. The molecular weight excluding hydrogens is 284 g/mol. The zero-order chi connectivity index (χ0) is 15.6. The molecule has 20 heavy (non-hydrogen) atoms. The molecule has 0 aromatic heterocycles. The Morgan fingerprint density at radius 1 is 1.30 bits per heavy atom. The molecule has 7 N–H and O–H groups in total. The molecule has 0 spiro atoms. The summed E-state index contributed by atoms with van der Waals surface area (Å²) in [5.74, 6) is 0.127. The summed E-state index contributed by atoms with van der Waals surface area (Å²) in [6.45, 7) is 2.81. The number of nitrogens with one attached hydrogen (secondary N) is 1. The van der Waals surface area contributed by atoms with Gasteiger partial charge in [-0.1, -0.05) is 37.3 Å². The molecule has 0 amide bonds. The Morgan fingerprint density at radius 2 is 1.80 bits per heavy atom. The van der Waals surface area contributed by atoms with Crippen molar-refractivity contribution in [3.8, 4) is 0 Å². The average molecular weight is 304 g/mol. The van der Waals surface area contributed by atoms with Crippen LogP contribution in [0.25, 0.3) is 0 Å². The van der Waals surface area contributed by atoms with E-state index in [1.54, 1.807) is 0 Å². The second-order valence-electron chi connectivity index (χ2n) is 3.79. The van der Waals surface area contributed by atoms with E-state index in [-0.39, 0.29) is 12.1 Å². The molecule has 0 saturated heterocycles. The van der Waals surface area contributed by atoms with E-state index >= 15 is 0 Å². The lowest BCUT2D eigenvalue weighted by atomic mass is 10.2. The molecule has 0 fully saturated rings. The van der Waals surface area contributed by atoms with E-state index in [0.717, 1.165) is 13.0 Å². The number of hydrogen-bond acceptors (Lipinski definition) is 4. The SMILES string of the molecule is CCC(N=C(N)N)NCc1ccccc1.O=S(=O)(O)O. The Balaban J connectivity index is 0.000000621. The Bertz CT molecular complexity index is 492. The lowest BCUT2D eigenvalue weighted by molar-refractivity contribution is 0.381. The predicted molar refractivity (Wildman–Crippen MR) is 77.3 cm³/mol. The molecule has 9 heteroatoms. The summed E-state index contributed by atoms with van der Waals surface area (Å²) in [5, 5.41) is 3.27. The van der Waals surface area contributed by atoms with E-state index in [0.29, 0.717) is 0 Å². The fourth-order valence-corrected chi connectivity index (χ4v) is 1.29. The fourth-order valence-electron chi connectivity index (χ4n) is 1.29. The molecule has 1 aromatic carbocycles. The van der Waals surface area contributed by atoms with Gasteiger partial charge < -0.3 is 11.5 Å². The van der Waals surface area contributed by atoms with Gasteiger partial charge in [0, 0.05) is 6.54 Å². The molecule has 0 radical (unpaired) electrons. The number of guanidine groups is 1. The summed E-state index contributed by atoms with van der Waals surface area (Å²) in [5.41, 5.74) is 11.9. The summed E-state index contributed by atoms with van der Waals surface area (Å²) < 4.78 is 31.6. The molecule has 0 aliphatic rings. The zero-order valence-corrected chi connectivity index (χ0v) is 11.9. The van der Waals surface area contributed by atoms with E-state index in [1.165, 1.54) is 5.56 Å². The molecule has 1 atom stereocenters. The topological polar surface area (TPSA) is 151 Å². The van der Waals surface area contributed by atoms with Gasteiger partial charge in [-0.2, -0.15) is 8.42 Å². The number of aliphatic imine (C=N–C) groups is 1. The smallest absolute Gasteiger partial charge is 0.370 e. The van der Waals surface area contributed by atoms with Gasteiger partial charge in [-0.05, 0) is 12.0 Å². The van der Waals surface area contributed by atoms with Crippen LogP contribution in [0, 0.1) is 0 Å². The highest BCUT2D eigenvalue weighted by atomic mass is 32.3. The van der Waals surface area contributed by atoms with Crippen molar-refractivity contribution < 1.29 is 17.5 Å². The normalized spacial score (nSPS) is 11.9. The van der Waals surface area contributed by atoms with Crippen LogP contribution in [0.1, 0.15) is 18.9 Å². The van der Waals surface area contributed by atoms with Crippen molar-refractivity contribution in [2.75, 3.05) is 0 Å². The summed E-state index contributed by atoms with van der Waals surface area (Å²) in [4.78, 5) is 4.07. The highest BCUT2D eigenvalue weighted by Crippen LogP contribution is 2.00. The van der Waals surface area contributed by atoms with Gasteiger partial charge in [-0.3, -0.25) is 14.4 Å². The van der Waals surface area contributed by atoms with Crippen LogP contribution in [0.15, 0.2) is 35.3 Å². The maximum atomic E-state index is 8.74. The number of hydrogen-bond donors (Lipinski definition) is 5. The maximum absolute atomic E-state index is 8.74. The molecule has 1 aromatic rings. The van der Waals surface area contributed by atoms with Gasteiger partial charge in [0.1, 0.15) is 6.17 Å². The van der Waals surface area contributed by atoms with E-state index in [1.807, 2.05) is 25.1 Å². The van der Waals surface area contributed by atoms with Crippen molar-refractivity contribution in [3.05, 3.63) is 35.9 Å². The van der Waals surface area contributed by atoms with Gasteiger partial charge in [0.15, 0.2) is 5.96 Å². The highest BCUT2D eigenvalue weighted by molar-refractivity contribution is 7.79. The van der Waals surface area contributed by atoms with Crippen LogP contribution in [-0.4, -0.2) is 29.6 Å². The minimum absolute atomic E-state index is 0.00444. The van der Waals surface area contributed by atoms with E-state index in [4.69, 9.17) is 29.0 Å². The van der Waals surface area contributed by atoms with Crippen molar-refractivity contribution in [1.29, 1.82) is 0 Å². The molecule has 114 valence electrons. The first-order valence-electron chi connectivity index (χ1n) is 5.78. The predicted octanol–water partition coefficient (Wildman–Crippen LogP) is 0.133. The first-order chi connectivity index (χ1) is 9.22. The zero-order valence-electron chi connectivity index (χ0n) is 11.1. The van der Waals surface area contributed by atoms with Crippen molar-refractivity contribution in [3.63, 3.8) is 0 Å². The van der Waals surface area contributed by atoms with Gasteiger partial charge in [-0.25, -0.2) is 4.99 Å². The van der Waals surface area contributed by atoms with Crippen molar-refractivity contribution in [2.45, 2.75) is 26.1 Å². The molecule has 1 unspecified atom stereocenters. The van der Waals surface area contributed by atoms with Gasteiger partial charge in [-0.15, -0.1) is 0 Å². The first-order valence-corrected chi connectivity index (χ1v) is 7.18. The monoisotopic (exact) mass is 304 g/mol. The summed E-state index contributed by atoms with van der Waals surface area (Å²) in [6.07, 6.45) is 0.861. The fraction of sp³-hybridized carbons (Fsp3) is 0.364. The van der Waals surface area contributed by atoms with Crippen molar-refractivity contribution in [1.82, 2.24) is 5.32 Å². The largest absolute Gasteiger partial charge is 0.394 e. The third-order valence-corrected chi connectivity index (χ3v) is 2.08. The Hall–Kier alpha value is -1.68. The van der Waals surface area contributed by atoms with Crippen LogP contribution in [0.5, 0.6) is 0 Å². The standard InChI is InChI=1S/C11H18N4.H2O4S/c1-2-10(15-11(12)13)14-8-9-6-4-3-5-7-9;1-5(2,3)4/h3-7,10,14H,2,8H2,1H3,(H4,12,13,15);(H2,1,2,3,4). The third kappa shape index (κ3) is 12.8. The average Bonchev–Trinajstić information content (AvgIpc) is 2.33. The van der Waals surface area contributed by atoms with E-state index < -0.39 is 10.4 Å². The highest BCUT2D eigenvalue weighted by Gasteiger charge is 2.02. The van der Waals surface area contributed by atoms with E-state index in [9.17, 15) is 0 Å². The maximum Gasteiger partial charge on any atom is 0.394 e. The number of benzene rings is 1. The molecule has 0 bridgehead atoms. The van der Waals surface area contributed by atoms with Crippen LogP contribution in [0.2, 0.25) is 0 Å². The minimum atomic E-state index is -4.67. The quantitative estimate of drug-likeness (QED) is 0.294. The van der Waals surface area contributed by atoms with Gasteiger partial charge in [0.2, 0.25) is 0 Å². The van der Waals surface area contributed by atoms with Crippen LogP contribution in [0.4, 0.5) is 0 Å². The summed E-state index contributed by atoms with van der Waals surface area (Å²) in [6, 6.07) is 10.2. The second kappa shape index (κ2) is 9.26. The molecule has 8 nitrogen and oxygen atoms in total. The van der Waals surface area contributed by atoms with Gasteiger partial charge in [0.05, 0.1) is 0 Å². The van der Waals surface area contributed by atoms with Crippen LogP contribution < -0.4 is 16.8 Å². The molecule has 0 heterocycles. The molecule has 0 aliphatic carbocycles. The van der Waals surface area contributed by atoms with Gasteiger partial charge >= 0.3 is 10.4 Å². The number of nitrogens with zero attached hydrogens (tertiary/aromatic N) is 1. The van der Waals surface area contributed by atoms with Crippen LogP contribution in [0.3, 0.4) is 0 Å². The van der Waals surface area contributed by atoms with Crippen LogP contribution in [-0.2, 0) is 16.9 Å². The lowest BCUT2D eigenvalue weighted by Gasteiger charge is -2.12. The van der Waals surface area contributed by atoms with Crippen LogP contribution >= 0.6 is 0 Å². The third-order valence-electron chi connectivity index (χ3n) is 2.08. The number of nitrogens with two attached hydrogens (primary N) is 2. The van der Waals surface area contributed by atoms with E-state index in [2.05, 4.69) is 22.4 Å². The number of rotatable bonds is 5. The second-order valence-corrected chi connectivity index (χ2v) is 4.69. The molecular formula is C11H20N4O4S. The summed E-state index contributed by atoms with van der Waals surface area (Å²) >= 11 is 0. The minimum Gasteiger partial charge on any atom is -0.370 e. The molecule has 0 aliphatic heterocycles. The lowest BCUT2D eigenvalue weighted by Crippen LogP contribution is -2.32. The Kier molecular flexibility index (Phi) is 8.48. The van der Waals surface area contributed by atoms with Crippen molar-refractivity contribution in [2.24, 2.45) is 16.5 Å².